The van der Waals surface area contributed by atoms with E-state index in [-0.39, 0.29) is 28.5 Å². The number of rotatable bonds is 5. The molecule has 0 radical (unpaired) electrons. The quantitative estimate of drug-likeness (QED) is 0.323. The number of nitrogens with two attached hydrogens (primary N) is 1. The Balaban J connectivity index is 2.11. The van der Waals surface area contributed by atoms with Crippen LogP contribution >= 0.6 is 15.9 Å². The highest BCUT2D eigenvalue weighted by molar-refractivity contribution is 9.10. The molecule has 0 aliphatic carbocycles. The molecule has 2 aromatic heterocycles. The molecule has 162 valence electrons. The van der Waals surface area contributed by atoms with Gasteiger partial charge in [-0.2, -0.15) is 4.98 Å². The highest BCUT2D eigenvalue weighted by Crippen LogP contribution is 2.37. The molecule has 1 fully saturated rings. The predicted molar refractivity (Wildman–Crippen MR) is 102 cm³/mol. The Morgan fingerprint density at radius 1 is 1.13 bits per heavy atom. The number of H-pyrrole nitrogens is 1. The lowest BCUT2D eigenvalue weighted by Gasteiger charge is -2.24. The first-order valence-electron chi connectivity index (χ1n) is 8.65. The number of aromatic amines is 1. The van der Waals surface area contributed by atoms with Gasteiger partial charge in [0, 0.05) is 20.8 Å². The van der Waals surface area contributed by atoms with Crippen LogP contribution in [0.3, 0.4) is 0 Å². The highest BCUT2D eigenvalue weighted by atomic mass is 79.9. The molecule has 0 bridgehead atoms. The first kappa shape index (κ1) is 21.7. The largest absolute Gasteiger partial charge is 0.463 e. The fraction of sp³-hybridized carbons (Fsp3) is 0.500. The summed E-state index contributed by atoms with van der Waals surface area (Å²) in [6.07, 6.45) is -4.38. The van der Waals surface area contributed by atoms with Crippen LogP contribution in [0.15, 0.2) is 9.53 Å². The molecular weight excluding hydrogens is 470 g/mol. The number of ether oxygens (including phenoxy) is 4. The number of halogens is 1. The second-order valence-corrected chi connectivity index (χ2v) is 7.10. The lowest BCUT2D eigenvalue weighted by Crippen LogP contribution is -2.40. The lowest BCUT2D eigenvalue weighted by atomic mass is 10.1. The molecule has 0 saturated carbocycles. The normalized spacial score (nSPS) is 23.3. The summed E-state index contributed by atoms with van der Waals surface area (Å²) in [5.74, 6) is -2.09. The van der Waals surface area contributed by atoms with Crippen molar-refractivity contribution in [3.8, 4) is 0 Å². The van der Waals surface area contributed by atoms with Crippen molar-refractivity contribution in [1.29, 1.82) is 0 Å². The smallest absolute Gasteiger partial charge is 0.303 e. The summed E-state index contributed by atoms with van der Waals surface area (Å²) in [6.45, 7) is 3.27. The van der Waals surface area contributed by atoms with Crippen molar-refractivity contribution in [1.82, 2.24) is 19.5 Å². The fourth-order valence-electron chi connectivity index (χ4n) is 3.10. The number of carbonyl (C=O) groups is 3. The fourth-order valence-corrected chi connectivity index (χ4v) is 3.65. The summed E-state index contributed by atoms with van der Waals surface area (Å²) in [4.78, 5) is 57.3. The van der Waals surface area contributed by atoms with E-state index < -0.39 is 48.0 Å². The number of nitrogens with one attached hydrogen (secondary N) is 1. The Kier molecular flexibility index (Phi) is 6.07. The third kappa shape index (κ3) is 4.28. The van der Waals surface area contributed by atoms with E-state index in [0.29, 0.717) is 0 Å². The molecule has 1 saturated heterocycles. The molecule has 1 aliphatic heterocycles. The van der Waals surface area contributed by atoms with Crippen LogP contribution in [-0.4, -0.2) is 62.3 Å². The van der Waals surface area contributed by atoms with Crippen molar-refractivity contribution in [3.05, 3.63) is 15.1 Å². The van der Waals surface area contributed by atoms with Crippen molar-refractivity contribution in [2.45, 2.75) is 45.3 Å². The lowest BCUT2D eigenvalue weighted by molar-refractivity contribution is -0.166. The van der Waals surface area contributed by atoms with Gasteiger partial charge in [0.1, 0.15) is 12.7 Å². The van der Waals surface area contributed by atoms with Gasteiger partial charge < -0.3 is 24.7 Å². The zero-order valence-electron chi connectivity index (χ0n) is 16.1. The Bertz CT molecular complexity index is 1070. The summed E-state index contributed by atoms with van der Waals surface area (Å²) in [6, 6.07) is 0. The second-order valence-electron chi connectivity index (χ2n) is 6.39. The van der Waals surface area contributed by atoms with Crippen LogP contribution in [0.4, 0.5) is 5.95 Å². The maximum Gasteiger partial charge on any atom is 0.303 e. The van der Waals surface area contributed by atoms with Crippen LogP contribution in [0.5, 0.6) is 0 Å². The molecule has 0 aromatic carbocycles. The summed E-state index contributed by atoms with van der Waals surface area (Å²) in [5, 5.41) is 0. The van der Waals surface area contributed by atoms with Gasteiger partial charge in [0.05, 0.1) is 0 Å². The Morgan fingerprint density at radius 3 is 2.37 bits per heavy atom. The van der Waals surface area contributed by atoms with Crippen LogP contribution < -0.4 is 11.3 Å². The average molecular weight is 488 g/mol. The van der Waals surface area contributed by atoms with Gasteiger partial charge in [-0.05, 0) is 15.9 Å². The molecule has 0 amide bonds. The molecule has 0 spiro atoms. The van der Waals surface area contributed by atoms with Crippen LogP contribution in [0.2, 0.25) is 0 Å². The number of esters is 3. The molecule has 3 N–H and O–H groups in total. The average Bonchev–Trinajstić information content (AvgIpc) is 3.10. The SMILES string of the molecule is CC(=O)OC[C@H]1O[C@@H](n2c(Br)nc3c(=O)[nH]c(N)nc32)C(OC(C)=O)[C@H]1OC(C)=O. The highest BCUT2D eigenvalue weighted by Gasteiger charge is 2.51. The molecule has 3 rings (SSSR count). The molecule has 13 nitrogen and oxygen atoms in total. The van der Waals surface area contributed by atoms with E-state index >= 15 is 0 Å². The third-order valence-electron chi connectivity index (χ3n) is 4.12. The maximum atomic E-state index is 12.2. The van der Waals surface area contributed by atoms with Gasteiger partial charge >= 0.3 is 17.9 Å². The zero-order valence-corrected chi connectivity index (χ0v) is 17.7. The zero-order chi connectivity index (χ0) is 22.2. The monoisotopic (exact) mass is 487 g/mol. The van der Waals surface area contributed by atoms with Crippen molar-refractivity contribution >= 4 is 51.0 Å². The predicted octanol–water partition coefficient (Wildman–Crippen LogP) is -0.212. The van der Waals surface area contributed by atoms with Gasteiger partial charge in [-0.1, -0.05) is 0 Å². The minimum Gasteiger partial charge on any atom is -0.463 e. The Labute approximate surface area is 177 Å². The van der Waals surface area contributed by atoms with E-state index in [1.54, 1.807) is 0 Å². The summed E-state index contributed by atoms with van der Waals surface area (Å²) >= 11 is 3.23. The molecule has 1 unspecified atom stereocenters. The topological polar surface area (TPSA) is 178 Å². The number of hydrogen-bond acceptors (Lipinski definition) is 11. The van der Waals surface area contributed by atoms with E-state index in [1.165, 1.54) is 25.3 Å². The van der Waals surface area contributed by atoms with Crippen molar-refractivity contribution < 1.29 is 33.3 Å². The van der Waals surface area contributed by atoms with E-state index in [2.05, 4.69) is 30.9 Å². The van der Waals surface area contributed by atoms with Gasteiger partial charge in [-0.25, -0.2) is 4.98 Å². The standard InChI is InChI=1S/C16H18BrN5O8/c1-5(23)27-4-8-10(28-6(2)24)11(29-7(3)25)14(30-8)22-12-9(19-15(22)17)13(26)21-16(18)20-12/h8,10-11,14H,4H2,1-3H3,(H3,18,20,21,26)/t8-,10+,11?,14-/m1/s1. The van der Waals surface area contributed by atoms with Gasteiger partial charge in [-0.3, -0.25) is 28.7 Å². The number of nitrogen functional groups attached to an aromatic ring is 1. The maximum absolute atomic E-state index is 12.2. The molecule has 30 heavy (non-hydrogen) atoms. The number of carbonyl (C=O) groups excluding carboxylic acids is 3. The van der Waals surface area contributed by atoms with Gasteiger partial charge in [0.2, 0.25) is 5.95 Å². The van der Waals surface area contributed by atoms with E-state index in [1.807, 2.05) is 0 Å². The molecule has 1 aliphatic rings. The number of anilines is 1. The Morgan fingerprint density at radius 2 is 1.77 bits per heavy atom. The number of fused-ring (bicyclic) bond motifs is 1. The first-order valence-corrected chi connectivity index (χ1v) is 9.44. The molecule has 3 heterocycles. The molecule has 14 heteroatoms. The van der Waals surface area contributed by atoms with Crippen molar-refractivity contribution in [2.24, 2.45) is 0 Å². The van der Waals surface area contributed by atoms with Crippen molar-refractivity contribution in [3.63, 3.8) is 0 Å². The van der Waals surface area contributed by atoms with Crippen LogP contribution in [0.1, 0.15) is 27.0 Å². The minimum atomic E-state index is -1.16. The van der Waals surface area contributed by atoms with Gasteiger partial charge in [0.25, 0.3) is 5.56 Å². The van der Waals surface area contributed by atoms with Gasteiger partial charge in [-0.15, -0.1) is 0 Å². The summed E-state index contributed by atoms with van der Waals surface area (Å²) in [7, 11) is 0. The third-order valence-corrected chi connectivity index (χ3v) is 4.68. The molecule has 2 aromatic rings. The molecular formula is C16H18BrN5O8. The summed E-state index contributed by atoms with van der Waals surface area (Å²) < 4.78 is 23.0. The van der Waals surface area contributed by atoms with Crippen LogP contribution in [0.25, 0.3) is 11.2 Å². The van der Waals surface area contributed by atoms with Crippen LogP contribution in [0, 0.1) is 0 Å². The minimum absolute atomic E-state index is 0.0417. The van der Waals surface area contributed by atoms with Crippen molar-refractivity contribution in [2.75, 3.05) is 12.3 Å². The second kappa shape index (κ2) is 8.39. The van der Waals surface area contributed by atoms with Gasteiger partial charge in [0.15, 0.2) is 34.3 Å². The number of nitrogens with zero attached hydrogens (tertiary/aromatic N) is 3. The van der Waals surface area contributed by atoms with E-state index in [4.69, 9.17) is 24.7 Å². The molecule has 4 atom stereocenters. The van der Waals surface area contributed by atoms with E-state index in [0.717, 1.165) is 0 Å². The number of imidazole rings is 1. The summed E-state index contributed by atoms with van der Waals surface area (Å²) in [5.41, 5.74) is 5.05. The Hall–Kier alpha value is -3.00. The number of aromatic nitrogens is 4. The van der Waals surface area contributed by atoms with E-state index in [9.17, 15) is 19.2 Å². The number of hydrogen-bond donors (Lipinski definition) is 2. The van der Waals surface area contributed by atoms with Crippen LogP contribution in [-0.2, 0) is 33.3 Å². The first-order chi connectivity index (χ1) is 14.1.